The number of benzene rings is 1. The highest BCUT2D eigenvalue weighted by Crippen LogP contribution is 2.37. The number of rotatable bonds is 0. The van der Waals surface area contributed by atoms with Gasteiger partial charge in [-0.2, -0.15) is 5.06 Å². The van der Waals surface area contributed by atoms with Gasteiger partial charge in [0.15, 0.2) is 0 Å². The van der Waals surface area contributed by atoms with Crippen molar-refractivity contribution in [2.45, 2.75) is 31.3 Å². The van der Waals surface area contributed by atoms with Crippen LogP contribution in [0.2, 0.25) is 0 Å². The van der Waals surface area contributed by atoms with Crippen molar-refractivity contribution in [2.24, 2.45) is 5.73 Å². The fourth-order valence-electron chi connectivity index (χ4n) is 3.48. The van der Waals surface area contributed by atoms with Crippen LogP contribution in [-0.4, -0.2) is 29.2 Å². The second-order valence-corrected chi connectivity index (χ2v) is 5.54. The predicted octanol–water partition coefficient (Wildman–Crippen LogP) is 2.12. The standard InChI is InChI=1S/C15H19N3O/c16-12-5-3-9-19-18-8-7-11-10-4-1-2-6-13(10)17-14(11)15(12)18/h1-2,4,6,12,15,17H,3,5,7-9,16H2/t12-,15+/m1/s1. The highest BCUT2D eigenvalue weighted by atomic mass is 16.7. The number of nitrogens with two attached hydrogens (primary N) is 1. The summed E-state index contributed by atoms with van der Waals surface area (Å²) in [7, 11) is 0. The predicted molar refractivity (Wildman–Crippen MR) is 74.6 cm³/mol. The van der Waals surface area contributed by atoms with Crippen LogP contribution in [0.5, 0.6) is 0 Å². The number of H-pyrrole nitrogens is 1. The van der Waals surface area contributed by atoms with Crippen molar-refractivity contribution in [2.75, 3.05) is 13.2 Å². The lowest BCUT2D eigenvalue weighted by Gasteiger charge is -2.35. The highest BCUT2D eigenvalue weighted by molar-refractivity contribution is 5.85. The van der Waals surface area contributed by atoms with E-state index in [2.05, 4.69) is 34.3 Å². The van der Waals surface area contributed by atoms with E-state index in [1.807, 2.05) is 0 Å². The molecular weight excluding hydrogens is 238 g/mol. The number of hydrogen-bond acceptors (Lipinski definition) is 3. The minimum atomic E-state index is 0.148. The molecule has 0 saturated carbocycles. The van der Waals surface area contributed by atoms with E-state index in [0.29, 0.717) is 0 Å². The maximum absolute atomic E-state index is 6.38. The zero-order chi connectivity index (χ0) is 12.8. The van der Waals surface area contributed by atoms with Crippen LogP contribution in [0.25, 0.3) is 10.9 Å². The minimum Gasteiger partial charge on any atom is -0.357 e. The van der Waals surface area contributed by atoms with Crippen LogP contribution in [0, 0.1) is 0 Å². The number of hydrogen-bond donors (Lipinski definition) is 2. The summed E-state index contributed by atoms with van der Waals surface area (Å²) in [5.41, 5.74) is 10.3. The molecule has 0 bridgehead atoms. The molecule has 0 radical (unpaired) electrons. The molecule has 4 rings (SSSR count). The van der Waals surface area contributed by atoms with Gasteiger partial charge >= 0.3 is 0 Å². The lowest BCUT2D eigenvalue weighted by Crippen LogP contribution is -2.43. The molecule has 2 aromatic rings. The summed E-state index contributed by atoms with van der Waals surface area (Å²) < 4.78 is 0. The normalized spacial score (nSPS) is 27.8. The minimum absolute atomic E-state index is 0.148. The summed E-state index contributed by atoms with van der Waals surface area (Å²) in [5, 5.41) is 3.43. The van der Waals surface area contributed by atoms with Crippen LogP contribution in [-0.2, 0) is 11.3 Å². The third-order valence-corrected chi connectivity index (χ3v) is 4.38. The first-order valence-corrected chi connectivity index (χ1v) is 7.09. The van der Waals surface area contributed by atoms with E-state index in [9.17, 15) is 0 Å². The number of nitrogens with zero attached hydrogens (tertiary/aromatic N) is 1. The van der Waals surface area contributed by atoms with Crippen molar-refractivity contribution in [3.63, 3.8) is 0 Å². The number of fused-ring (bicyclic) bond motifs is 5. The van der Waals surface area contributed by atoms with Crippen LogP contribution < -0.4 is 5.73 Å². The highest BCUT2D eigenvalue weighted by Gasteiger charge is 2.36. The number of para-hydroxylation sites is 1. The molecule has 2 aliphatic rings. The molecule has 1 fully saturated rings. The molecule has 2 aliphatic heterocycles. The Balaban J connectivity index is 1.88. The summed E-state index contributed by atoms with van der Waals surface area (Å²) in [6.07, 6.45) is 3.10. The third-order valence-electron chi connectivity index (χ3n) is 4.38. The van der Waals surface area contributed by atoms with Crippen molar-refractivity contribution < 1.29 is 4.84 Å². The fourth-order valence-corrected chi connectivity index (χ4v) is 3.48. The molecule has 100 valence electrons. The first kappa shape index (κ1) is 11.5. The third kappa shape index (κ3) is 1.71. The van der Waals surface area contributed by atoms with Crippen LogP contribution in [0.15, 0.2) is 24.3 Å². The molecule has 1 aromatic carbocycles. The average Bonchev–Trinajstić information content (AvgIpc) is 2.70. The molecule has 0 spiro atoms. The fraction of sp³-hybridized carbons (Fsp3) is 0.467. The van der Waals surface area contributed by atoms with Gasteiger partial charge in [-0.05, 0) is 30.9 Å². The molecule has 0 amide bonds. The number of hydroxylamine groups is 2. The Labute approximate surface area is 112 Å². The Morgan fingerprint density at radius 1 is 1.32 bits per heavy atom. The summed E-state index contributed by atoms with van der Waals surface area (Å²) >= 11 is 0. The Morgan fingerprint density at radius 3 is 3.16 bits per heavy atom. The van der Waals surface area contributed by atoms with E-state index in [1.54, 1.807) is 0 Å². The van der Waals surface area contributed by atoms with E-state index >= 15 is 0 Å². The van der Waals surface area contributed by atoms with Crippen molar-refractivity contribution in [3.8, 4) is 0 Å². The molecule has 1 aromatic heterocycles. The van der Waals surface area contributed by atoms with Crippen LogP contribution in [0.4, 0.5) is 0 Å². The second-order valence-electron chi connectivity index (χ2n) is 5.54. The molecule has 0 aliphatic carbocycles. The molecular formula is C15H19N3O. The van der Waals surface area contributed by atoms with E-state index in [1.165, 1.54) is 22.2 Å². The van der Waals surface area contributed by atoms with Crippen molar-refractivity contribution in [1.82, 2.24) is 10.0 Å². The second kappa shape index (κ2) is 4.34. The number of aromatic amines is 1. The molecule has 3 heterocycles. The molecule has 3 N–H and O–H groups in total. The average molecular weight is 257 g/mol. The maximum Gasteiger partial charge on any atom is 0.0905 e. The topological polar surface area (TPSA) is 54.3 Å². The summed E-state index contributed by atoms with van der Waals surface area (Å²) in [6, 6.07) is 8.84. The van der Waals surface area contributed by atoms with Gasteiger partial charge in [0, 0.05) is 29.2 Å². The lowest BCUT2D eigenvalue weighted by atomic mass is 9.93. The van der Waals surface area contributed by atoms with Crippen LogP contribution >= 0.6 is 0 Å². The first-order chi connectivity index (χ1) is 9.34. The lowest BCUT2D eigenvalue weighted by molar-refractivity contribution is -0.187. The summed E-state index contributed by atoms with van der Waals surface area (Å²) in [4.78, 5) is 9.44. The van der Waals surface area contributed by atoms with Gasteiger partial charge in [0.05, 0.1) is 12.6 Å². The number of aromatic nitrogens is 1. The van der Waals surface area contributed by atoms with Gasteiger partial charge in [-0.15, -0.1) is 0 Å². The van der Waals surface area contributed by atoms with Crippen molar-refractivity contribution in [1.29, 1.82) is 0 Å². The Bertz CT molecular complexity index is 606. The molecule has 4 heteroatoms. The summed E-state index contributed by atoms with van der Waals surface area (Å²) in [6.45, 7) is 1.73. The molecule has 2 atom stereocenters. The zero-order valence-electron chi connectivity index (χ0n) is 10.9. The molecule has 4 nitrogen and oxygen atoms in total. The molecule has 0 unspecified atom stereocenters. The maximum atomic E-state index is 6.38. The molecule has 1 saturated heterocycles. The quantitative estimate of drug-likeness (QED) is 0.760. The monoisotopic (exact) mass is 257 g/mol. The largest absolute Gasteiger partial charge is 0.357 e. The van der Waals surface area contributed by atoms with Gasteiger partial charge in [0.2, 0.25) is 0 Å². The van der Waals surface area contributed by atoms with Crippen LogP contribution in [0.1, 0.15) is 30.1 Å². The van der Waals surface area contributed by atoms with E-state index in [4.69, 9.17) is 10.6 Å². The first-order valence-electron chi connectivity index (χ1n) is 7.09. The molecule has 19 heavy (non-hydrogen) atoms. The van der Waals surface area contributed by atoms with Crippen molar-refractivity contribution >= 4 is 10.9 Å². The van der Waals surface area contributed by atoms with E-state index in [-0.39, 0.29) is 12.1 Å². The van der Waals surface area contributed by atoms with Gasteiger partial charge in [-0.25, -0.2) is 0 Å². The van der Waals surface area contributed by atoms with Gasteiger partial charge in [-0.1, -0.05) is 18.2 Å². The SMILES string of the molecule is N[C@@H]1CCCON2CCc3c([nH]c4ccccc34)[C@H]12. The Hall–Kier alpha value is -1.36. The Kier molecular flexibility index (Phi) is 2.62. The number of nitrogens with one attached hydrogen (secondary N) is 1. The van der Waals surface area contributed by atoms with Gasteiger partial charge in [0.25, 0.3) is 0 Å². The van der Waals surface area contributed by atoms with Gasteiger partial charge in [0.1, 0.15) is 0 Å². The summed E-state index contributed by atoms with van der Waals surface area (Å²) in [5.74, 6) is 0. The zero-order valence-corrected chi connectivity index (χ0v) is 10.9. The van der Waals surface area contributed by atoms with Crippen LogP contribution in [0.3, 0.4) is 0 Å². The smallest absolute Gasteiger partial charge is 0.0905 e. The Morgan fingerprint density at radius 2 is 2.21 bits per heavy atom. The van der Waals surface area contributed by atoms with Gasteiger partial charge in [-0.3, -0.25) is 4.84 Å². The van der Waals surface area contributed by atoms with Crippen molar-refractivity contribution in [3.05, 3.63) is 35.5 Å². The van der Waals surface area contributed by atoms with E-state index < -0.39 is 0 Å². The van der Waals surface area contributed by atoms with E-state index in [0.717, 1.165) is 32.4 Å². The van der Waals surface area contributed by atoms with Gasteiger partial charge < -0.3 is 10.7 Å².